The number of rotatable bonds is 3. The molecule has 134 valence electrons. The van der Waals surface area contributed by atoms with Crippen LogP contribution in [-0.2, 0) is 26.0 Å². The van der Waals surface area contributed by atoms with Gasteiger partial charge in [0.1, 0.15) is 5.54 Å². The fourth-order valence-corrected chi connectivity index (χ4v) is 4.93. The van der Waals surface area contributed by atoms with E-state index in [4.69, 9.17) is 21.1 Å². The van der Waals surface area contributed by atoms with E-state index in [0.29, 0.717) is 18.2 Å². The van der Waals surface area contributed by atoms with Crippen LogP contribution in [0.4, 0.5) is 0 Å². The molecule has 1 heterocycles. The summed E-state index contributed by atoms with van der Waals surface area (Å²) in [7, 11) is -1.27. The minimum Gasteiger partial charge on any atom is -0.345 e. The van der Waals surface area contributed by atoms with Crippen molar-refractivity contribution in [2.45, 2.75) is 62.5 Å². The van der Waals surface area contributed by atoms with Crippen LogP contribution in [0.3, 0.4) is 0 Å². The zero-order chi connectivity index (χ0) is 17.4. The van der Waals surface area contributed by atoms with Crippen molar-refractivity contribution in [1.29, 1.82) is 0 Å². The Kier molecular flexibility index (Phi) is 5.11. The van der Waals surface area contributed by atoms with Crippen molar-refractivity contribution >= 4 is 22.6 Å². The summed E-state index contributed by atoms with van der Waals surface area (Å²) in [6.07, 6.45) is 3.58. The van der Waals surface area contributed by atoms with Crippen LogP contribution in [0.2, 0.25) is 5.02 Å². The van der Waals surface area contributed by atoms with Gasteiger partial charge in [0, 0.05) is 11.4 Å². The lowest BCUT2D eigenvalue weighted by atomic mass is 9.72. The lowest BCUT2D eigenvalue weighted by Crippen LogP contribution is -2.64. The third-order valence-electron chi connectivity index (χ3n) is 4.87. The highest BCUT2D eigenvalue weighted by Crippen LogP contribution is 2.51. The highest BCUT2D eigenvalue weighted by molar-refractivity contribution is 7.84. The second kappa shape index (κ2) is 6.69. The topological polar surface area (TPSA) is 47.6 Å². The third-order valence-corrected chi connectivity index (χ3v) is 6.84. The zero-order valence-corrected chi connectivity index (χ0v) is 16.1. The average molecular weight is 372 g/mol. The van der Waals surface area contributed by atoms with E-state index in [0.717, 1.165) is 31.2 Å². The molecule has 2 fully saturated rings. The van der Waals surface area contributed by atoms with Gasteiger partial charge in [-0.25, -0.2) is 8.93 Å². The van der Waals surface area contributed by atoms with E-state index in [2.05, 4.69) is 4.72 Å². The maximum absolute atomic E-state index is 13.0. The molecule has 0 aromatic heterocycles. The van der Waals surface area contributed by atoms with Crippen molar-refractivity contribution < 1.29 is 13.7 Å². The standard InChI is InChI=1S/C18H26ClNO3S/c1-16(2,3)24(21)20-17(14-8-4-5-9-15(14)19)10-6-7-11-18(17)22-12-13-23-18/h4-5,8-9,20H,6-7,10-13H2,1-3H3/t17-,24?/m0/s1. The first-order valence-electron chi connectivity index (χ1n) is 8.53. The summed E-state index contributed by atoms with van der Waals surface area (Å²) in [5.41, 5.74) is 0.198. The summed E-state index contributed by atoms with van der Waals surface area (Å²) in [6.45, 7) is 6.99. The van der Waals surface area contributed by atoms with Crippen LogP contribution >= 0.6 is 11.6 Å². The van der Waals surface area contributed by atoms with Gasteiger partial charge in [0.15, 0.2) is 5.79 Å². The highest BCUT2D eigenvalue weighted by atomic mass is 35.5. The molecular formula is C18H26ClNO3S. The van der Waals surface area contributed by atoms with Gasteiger partial charge in [-0.1, -0.05) is 36.2 Å². The lowest BCUT2D eigenvalue weighted by Gasteiger charge is -2.51. The molecule has 2 aliphatic rings. The van der Waals surface area contributed by atoms with E-state index in [1.165, 1.54) is 0 Å². The summed E-state index contributed by atoms with van der Waals surface area (Å²) < 4.78 is 28.3. The van der Waals surface area contributed by atoms with Gasteiger partial charge < -0.3 is 9.47 Å². The summed E-state index contributed by atoms with van der Waals surface area (Å²) in [4.78, 5) is 0. The number of hydrogen-bond donors (Lipinski definition) is 1. The van der Waals surface area contributed by atoms with E-state index in [9.17, 15) is 4.21 Å². The maximum atomic E-state index is 13.0. The smallest absolute Gasteiger partial charge is 0.191 e. The first kappa shape index (κ1) is 18.3. The average Bonchev–Trinajstić information content (AvgIpc) is 2.99. The van der Waals surface area contributed by atoms with Crippen LogP contribution in [0.15, 0.2) is 24.3 Å². The summed E-state index contributed by atoms with van der Waals surface area (Å²) in [6, 6.07) is 7.74. The third kappa shape index (κ3) is 3.06. The minimum absolute atomic E-state index is 0.397. The molecule has 1 aliphatic heterocycles. The highest BCUT2D eigenvalue weighted by Gasteiger charge is 2.59. The van der Waals surface area contributed by atoms with E-state index in [1.54, 1.807) is 0 Å². The van der Waals surface area contributed by atoms with Gasteiger partial charge in [0.25, 0.3) is 0 Å². The van der Waals surface area contributed by atoms with Gasteiger partial charge in [0.2, 0.25) is 0 Å². The van der Waals surface area contributed by atoms with Crippen LogP contribution < -0.4 is 4.72 Å². The Morgan fingerprint density at radius 1 is 1.12 bits per heavy atom. The van der Waals surface area contributed by atoms with Crippen molar-refractivity contribution in [2.24, 2.45) is 0 Å². The molecular weight excluding hydrogens is 346 g/mol. The van der Waals surface area contributed by atoms with Gasteiger partial charge in [-0.05, 0) is 45.2 Å². The predicted molar refractivity (Wildman–Crippen MR) is 97.3 cm³/mol. The molecule has 2 atom stereocenters. The number of nitrogens with one attached hydrogen (secondary N) is 1. The molecule has 24 heavy (non-hydrogen) atoms. The Bertz CT molecular complexity index is 625. The van der Waals surface area contributed by atoms with Crippen molar-refractivity contribution in [1.82, 2.24) is 4.72 Å². The first-order chi connectivity index (χ1) is 11.3. The Hall–Kier alpha value is -0.460. The van der Waals surface area contributed by atoms with Crippen LogP contribution in [0.1, 0.15) is 52.0 Å². The van der Waals surface area contributed by atoms with E-state index in [1.807, 2.05) is 45.0 Å². The van der Waals surface area contributed by atoms with Crippen molar-refractivity contribution in [2.75, 3.05) is 13.2 Å². The monoisotopic (exact) mass is 371 g/mol. The Morgan fingerprint density at radius 2 is 1.75 bits per heavy atom. The Balaban J connectivity index is 2.13. The molecule has 0 bridgehead atoms. The number of hydrogen-bond acceptors (Lipinski definition) is 3. The molecule has 1 unspecified atom stereocenters. The molecule has 4 nitrogen and oxygen atoms in total. The fraction of sp³-hybridized carbons (Fsp3) is 0.667. The molecule has 1 aliphatic carbocycles. The van der Waals surface area contributed by atoms with Gasteiger partial charge in [-0.15, -0.1) is 0 Å². The van der Waals surface area contributed by atoms with Gasteiger partial charge >= 0.3 is 0 Å². The normalized spacial score (nSPS) is 28.2. The van der Waals surface area contributed by atoms with Crippen molar-refractivity contribution in [3.05, 3.63) is 34.9 Å². The number of ether oxygens (including phenoxy) is 2. The lowest BCUT2D eigenvalue weighted by molar-refractivity contribution is -0.230. The Morgan fingerprint density at radius 3 is 2.38 bits per heavy atom. The molecule has 0 amide bonds. The second-order valence-electron chi connectivity index (χ2n) is 7.53. The largest absolute Gasteiger partial charge is 0.345 e. The van der Waals surface area contributed by atoms with E-state index < -0.39 is 27.1 Å². The number of benzene rings is 1. The van der Waals surface area contributed by atoms with Gasteiger partial charge in [-0.2, -0.15) is 0 Å². The van der Waals surface area contributed by atoms with E-state index >= 15 is 0 Å². The molecule has 1 spiro atoms. The van der Waals surface area contributed by atoms with Crippen LogP contribution in [-0.4, -0.2) is 28.0 Å². The molecule has 3 rings (SSSR count). The summed E-state index contributed by atoms with van der Waals surface area (Å²) in [5, 5.41) is 0.649. The van der Waals surface area contributed by atoms with Crippen molar-refractivity contribution in [3.8, 4) is 0 Å². The molecule has 1 saturated heterocycles. The van der Waals surface area contributed by atoms with Gasteiger partial charge in [0.05, 0.1) is 28.9 Å². The predicted octanol–water partition coefficient (Wildman–Crippen LogP) is 3.90. The molecule has 1 saturated carbocycles. The molecule has 1 N–H and O–H groups in total. The maximum Gasteiger partial charge on any atom is 0.191 e. The zero-order valence-electron chi connectivity index (χ0n) is 14.6. The van der Waals surface area contributed by atoms with Gasteiger partial charge in [-0.3, -0.25) is 0 Å². The van der Waals surface area contributed by atoms with Crippen LogP contribution in [0, 0.1) is 0 Å². The number of halogens is 1. The van der Waals surface area contributed by atoms with E-state index in [-0.39, 0.29) is 0 Å². The second-order valence-corrected chi connectivity index (χ2v) is 9.90. The molecule has 0 radical (unpaired) electrons. The van der Waals surface area contributed by atoms with Crippen molar-refractivity contribution in [3.63, 3.8) is 0 Å². The van der Waals surface area contributed by atoms with Crippen LogP contribution in [0.25, 0.3) is 0 Å². The quantitative estimate of drug-likeness (QED) is 0.876. The molecule has 1 aromatic rings. The SMILES string of the molecule is CC(C)(C)S(=O)N[C@]1(c2ccccc2Cl)CCCCC12OCCO2. The summed E-state index contributed by atoms with van der Waals surface area (Å²) >= 11 is 6.56. The fourth-order valence-electron chi connectivity index (χ4n) is 3.64. The Labute approximate surface area is 151 Å². The minimum atomic E-state index is -1.27. The summed E-state index contributed by atoms with van der Waals surface area (Å²) in [5.74, 6) is -0.808. The molecule has 6 heteroatoms. The van der Waals surface area contributed by atoms with Crippen LogP contribution in [0.5, 0.6) is 0 Å². The first-order valence-corrected chi connectivity index (χ1v) is 10.1. The molecule has 1 aromatic carbocycles.